The summed E-state index contributed by atoms with van der Waals surface area (Å²) in [4.78, 5) is 38.5. The minimum Gasteiger partial charge on any atom is -0.497 e. The molecule has 8 nitrogen and oxygen atoms in total. The van der Waals surface area contributed by atoms with Crippen LogP contribution < -0.4 is 24.4 Å². The molecule has 0 radical (unpaired) electrons. The molecule has 1 N–H and O–H groups in total. The van der Waals surface area contributed by atoms with Crippen LogP contribution in [0.4, 0.5) is 10.5 Å². The summed E-state index contributed by atoms with van der Waals surface area (Å²) in [6.45, 7) is 0. The Kier molecular flexibility index (Phi) is 5.30. The number of nitrogens with zero attached hydrogens (tertiary/aromatic N) is 1. The van der Waals surface area contributed by atoms with Crippen LogP contribution in [0.3, 0.4) is 0 Å². The minimum absolute atomic E-state index is 0.214. The Labute approximate surface area is 161 Å². The van der Waals surface area contributed by atoms with Crippen LogP contribution in [-0.4, -0.2) is 39.2 Å². The van der Waals surface area contributed by atoms with E-state index in [1.807, 2.05) is 0 Å². The standard InChI is InChI=1S/C20H18N2O6/c1-26-13-9-8-12(17(11-13)28-3)10-14-18(23)21-20(25)22(19(14)24)15-6-4-5-7-16(15)27-2/h4-11H,1-3H3,(H,21,23,25). The highest BCUT2D eigenvalue weighted by Crippen LogP contribution is 2.32. The number of ether oxygens (including phenoxy) is 3. The van der Waals surface area contributed by atoms with Crippen LogP contribution in [0, 0.1) is 0 Å². The number of hydrogen-bond acceptors (Lipinski definition) is 6. The number of amides is 4. The molecule has 1 aliphatic rings. The average molecular weight is 382 g/mol. The van der Waals surface area contributed by atoms with Crippen LogP contribution in [0.15, 0.2) is 48.0 Å². The molecule has 28 heavy (non-hydrogen) atoms. The highest BCUT2D eigenvalue weighted by molar-refractivity contribution is 6.39. The first-order valence-corrected chi connectivity index (χ1v) is 8.26. The summed E-state index contributed by atoms with van der Waals surface area (Å²) in [6, 6.07) is 10.6. The van der Waals surface area contributed by atoms with Gasteiger partial charge in [-0.3, -0.25) is 14.9 Å². The molecule has 2 aromatic carbocycles. The quantitative estimate of drug-likeness (QED) is 0.630. The van der Waals surface area contributed by atoms with E-state index in [1.165, 1.54) is 27.4 Å². The summed E-state index contributed by atoms with van der Waals surface area (Å²) < 4.78 is 15.7. The van der Waals surface area contributed by atoms with Gasteiger partial charge in [0.2, 0.25) is 0 Å². The van der Waals surface area contributed by atoms with Gasteiger partial charge in [0.1, 0.15) is 22.8 Å². The fourth-order valence-corrected chi connectivity index (χ4v) is 2.78. The summed E-state index contributed by atoms with van der Waals surface area (Å²) in [5.41, 5.74) is 0.498. The molecule has 0 aliphatic carbocycles. The molecular formula is C20H18N2O6. The number of imide groups is 2. The lowest BCUT2D eigenvalue weighted by molar-refractivity contribution is -0.122. The third kappa shape index (κ3) is 3.39. The van der Waals surface area contributed by atoms with Crippen molar-refractivity contribution in [3.05, 3.63) is 53.6 Å². The van der Waals surface area contributed by atoms with Crippen molar-refractivity contribution in [2.75, 3.05) is 26.2 Å². The van der Waals surface area contributed by atoms with Gasteiger partial charge in [-0.25, -0.2) is 9.69 Å². The molecule has 144 valence electrons. The van der Waals surface area contributed by atoms with E-state index >= 15 is 0 Å². The molecule has 1 heterocycles. The van der Waals surface area contributed by atoms with E-state index < -0.39 is 17.8 Å². The lowest BCUT2D eigenvalue weighted by Crippen LogP contribution is -2.54. The number of nitrogens with one attached hydrogen (secondary N) is 1. The Bertz CT molecular complexity index is 982. The number of barbiturate groups is 1. The molecule has 3 rings (SSSR count). The van der Waals surface area contributed by atoms with E-state index in [9.17, 15) is 14.4 Å². The normalized spacial score (nSPS) is 15.5. The van der Waals surface area contributed by atoms with Crippen LogP contribution in [0.1, 0.15) is 5.56 Å². The molecule has 0 bridgehead atoms. The number of carbonyl (C=O) groups excluding carboxylic acids is 3. The monoisotopic (exact) mass is 382 g/mol. The highest BCUT2D eigenvalue weighted by atomic mass is 16.5. The van der Waals surface area contributed by atoms with Crippen LogP contribution in [0.2, 0.25) is 0 Å². The van der Waals surface area contributed by atoms with Crippen molar-refractivity contribution in [2.45, 2.75) is 0 Å². The fraction of sp³-hybridized carbons (Fsp3) is 0.150. The van der Waals surface area contributed by atoms with Crippen LogP contribution in [-0.2, 0) is 9.59 Å². The number of methoxy groups -OCH3 is 3. The van der Waals surface area contributed by atoms with E-state index in [0.29, 0.717) is 22.8 Å². The van der Waals surface area contributed by atoms with E-state index in [4.69, 9.17) is 14.2 Å². The van der Waals surface area contributed by atoms with Gasteiger partial charge < -0.3 is 14.2 Å². The van der Waals surface area contributed by atoms with Gasteiger partial charge in [-0.1, -0.05) is 12.1 Å². The fourth-order valence-electron chi connectivity index (χ4n) is 2.78. The van der Waals surface area contributed by atoms with E-state index in [1.54, 1.807) is 42.5 Å². The van der Waals surface area contributed by atoms with Crippen molar-refractivity contribution < 1.29 is 28.6 Å². The van der Waals surface area contributed by atoms with Crippen molar-refractivity contribution in [1.82, 2.24) is 5.32 Å². The third-order valence-electron chi connectivity index (χ3n) is 4.17. The van der Waals surface area contributed by atoms with Crippen molar-refractivity contribution in [2.24, 2.45) is 0 Å². The Morgan fingerprint density at radius 3 is 2.29 bits per heavy atom. The van der Waals surface area contributed by atoms with Gasteiger partial charge in [-0.05, 0) is 30.3 Å². The molecule has 0 spiro atoms. The minimum atomic E-state index is -0.849. The van der Waals surface area contributed by atoms with Gasteiger partial charge in [0.05, 0.1) is 27.0 Å². The number of anilines is 1. The van der Waals surface area contributed by atoms with Crippen LogP contribution in [0.5, 0.6) is 17.2 Å². The van der Waals surface area contributed by atoms with Crippen molar-refractivity contribution >= 4 is 29.6 Å². The maximum atomic E-state index is 13.0. The molecule has 8 heteroatoms. The van der Waals surface area contributed by atoms with E-state index in [-0.39, 0.29) is 11.3 Å². The van der Waals surface area contributed by atoms with Crippen molar-refractivity contribution in [3.63, 3.8) is 0 Å². The maximum absolute atomic E-state index is 13.0. The molecule has 0 atom stereocenters. The average Bonchev–Trinajstić information content (AvgIpc) is 2.71. The first kappa shape index (κ1) is 19.0. The van der Waals surface area contributed by atoms with Crippen LogP contribution in [0.25, 0.3) is 6.08 Å². The zero-order chi connectivity index (χ0) is 20.3. The molecule has 1 aliphatic heterocycles. The number of para-hydroxylation sites is 2. The number of urea groups is 1. The number of benzene rings is 2. The van der Waals surface area contributed by atoms with Gasteiger partial charge in [0.15, 0.2) is 0 Å². The van der Waals surface area contributed by atoms with Gasteiger partial charge in [-0.15, -0.1) is 0 Å². The third-order valence-corrected chi connectivity index (χ3v) is 4.17. The van der Waals surface area contributed by atoms with Crippen LogP contribution >= 0.6 is 0 Å². The second-order valence-electron chi connectivity index (χ2n) is 5.74. The van der Waals surface area contributed by atoms with E-state index in [0.717, 1.165) is 4.90 Å². The summed E-state index contributed by atoms with van der Waals surface area (Å²) >= 11 is 0. The van der Waals surface area contributed by atoms with Gasteiger partial charge in [0, 0.05) is 11.6 Å². The lowest BCUT2D eigenvalue weighted by atomic mass is 10.1. The van der Waals surface area contributed by atoms with Gasteiger partial charge in [0.25, 0.3) is 11.8 Å². The Morgan fingerprint density at radius 2 is 1.61 bits per heavy atom. The summed E-state index contributed by atoms with van der Waals surface area (Å²) in [6.07, 6.45) is 1.37. The van der Waals surface area contributed by atoms with Gasteiger partial charge >= 0.3 is 6.03 Å². The molecule has 0 unspecified atom stereocenters. The van der Waals surface area contributed by atoms with Crippen molar-refractivity contribution in [3.8, 4) is 17.2 Å². The predicted octanol–water partition coefficient (Wildman–Crippen LogP) is 2.38. The molecule has 0 saturated carbocycles. The maximum Gasteiger partial charge on any atom is 0.336 e. The van der Waals surface area contributed by atoms with Gasteiger partial charge in [-0.2, -0.15) is 0 Å². The zero-order valence-corrected chi connectivity index (χ0v) is 15.5. The summed E-state index contributed by atoms with van der Waals surface area (Å²) in [5.74, 6) is -0.269. The Morgan fingerprint density at radius 1 is 0.893 bits per heavy atom. The first-order valence-electron chi connectivity index (χ1n) is 8.26. The largest absolute Gasteiger partial charge is 0.497 e. The molecule has 2 aromatic rings. The van der Waals surface area contributed by atoms with E-state index in [2.05, 4.69) is 5.32 Å². The van der Waals surface area contributed by atoms with Crippen molar-refractivity contribution in [1.29, 1.82) is 0 Å². The SMILES string of the molecule is COc1ccc(C=C2C(=O)NC(=O)N(c3ccccc3OC)C2=O)c(OC)c1. The smallest absolute Gasteiger partial charge is 0.336 e. The molecule has 4 amide bonds. The number of hydrogen-bond donors (Lipinski definition) is 1. The molecule has 1 fully saturated rings. The molecule has 0 aromatic heterocycles. The lowest BCUT2D eigenvalue weighted by Gasteiger charge is -2.27. The summed E-state index contributed by atoms with van der Waals surface area (Å²) in [7, 11) is 4.40. The number of carbonyl (C=O) groups is 3. The Hall–Kier alpha value is -3.81. The number of rotatable bonds is 5. The predicted molar refractivity (Wildman–Crippen MR) is 102 cm³/mol. The highest BCUT2D eigenvalue weighted by Gasteiger charge is 2.38. The summed E-state index contributed by atoms with van der Waals surface area (Å²) in [5, 5.41) is 2.18. The second-order valence-corrected chi connectivity index (χ2v) is 5.74. The topological polar surface area (TPSA) is 94.2 Å². The second kappa shape index (κ2) is 7.83. The molecule has 1 saturated heterocycles. The first-order chi connectivity index (χ1) is 13.5. The zero-order valence-electron chi connectivity index (χ0n) is 15.5. The molecular weight excluding hydrogens is 364 g/mol. The Balaban J connectivity index is 2.07.